The second kappa shape index (κ2) is 9.25. The third kappa shape index (κ3) is 4.85. The first-order valence-corrected chi connectivity index (χ1v) is 12.8. The number of amides is 1. The second-order valence-corrected chi connectivity index (χ2v) is 11.4. The zero-order valence-electron chi connectivity index (χ0n) is 20.3. The molecule has 1 aliphatic heterocycles. The van der Waals surface area contributed by atoms with Crippen LogP contribution in [0.2, 0.25) is 0 Å². The summed E-state index contributed by atoms with van der Waals surface area (Å²) in [6, 6.07) is 7.45. The van der Waals surface area contributed by atoms with E-state index in [1.807, 2.05) is 17.0 Å². The standard InChI is InChI=1S/C24H36N4O3S/c1-16(2)21-8-10-22(11-9-21)28(15-23(29)27-13-17(3)12-18(4)14-27)32(30,31)24-19(5)25-26(7)20(24)6/h8-11,16-18H,12-15H2,1-7H3. The quantitative estimate of drug-likeness (QED) is 0.656. The van der Waals surface area contributed by atoms with Gasteiger partial charge in [-0.05, 0) is 55.7 Å². The first-order valence-electron chi connectivity index (χ1n) is 11.3. The fourth-order valence-electron chi connectivity index (χ4n) is 4.67. The van der Waals surface area contributed by atoms with Gasteiger partial charge in [0.15, 0.2) is 0 Å². The maximum Gasteiger partial charge on any atom is 0.268 e. The lowest BCUT2D eigenvalue weighted by Crippen LogP contribution is -2.48. The van der Waals surface area contributed by atoms with Crippen LogP contribution >= 0.6 is 0 Å². The lowest BCUT2D eigenvalue weighted by molar-refractivity contribution is -0.132. The molecule has 1 fully saturated rings. The van der Waals surface area contributed by atoms with Crippen molar-refractivity contribution >= 4 is 21.6 Å². The Labute approximate surface area is 192 Å². The van der Waals surface area contributed by atoms with Gasteiger partial charge in [0.1, 0.15) is 11.4 Å². The molecular formula is C24H36N4O3S. The van der Waals surface area contributed by atoms with Crippen molar-refractivity contribution in [1.82, 2.24) is 14.7 Å². The number of aromatic nitrogens is 2. The van der Waals surface area contributed by atoms with Crippen molar-refractivity contribution in [2.24, 2.45) is 18.9 Å². The van der Waals surface area contributed by atoms with Crippen LogP contribution in [-0.2, 0) is 21.9 Å². The lowest BCUT2D eigenvalue weighted by Gasteiger charge is -2.36. The molecule has 0 N–H and O–H groups in total. The Balaban J connectivity index is 2.02. The van der Waals surface area contributed by atoms with Gasteiger partial charge in [-0.1, -0.05) is 39.8 Å². The smallest absolute Gasteiger partial charge is 0.268 e. The highest BCUT2D eigenvalue weighted by Crippen LogP contribution is 2.30. The Morgan fingerprint density at radius 2 is 1.69 bits per heavy atom. The molecule has 0 radical (unpaired) electrons. The molecule has 3 rings (SSSR count). The summed E-state index contributed by atoms with van der Waals surface area (Å²) in [5.74, 6) is 0.968. The number of hydrogen-bond acceptors (Lipinski definition) is 4. The molecule has 1 aromatic carbocycles. The number of sulfonamides is 1. The van der Waals surface area contributed by atoms with Crippen molar-refractivity contribution in [3.63, 3.8) is 0 Å². The maximum absolute atomic E-state index is 13.9. The Bertz CT molecular complexity index is 1060. The summed E-state index contributed by atoms with van der Waals surface area (Å²) in [6.07, 6.45) is 1.08. The molecule has 2 atom stereocenters. The van der Waals surface area contributed by atoms with Gasteiger partial charge in [0.05, 0.1) is 17.1 Å². The molecule has 1 amide bonds. The number of benzene rings is 1. The summed E-state index contributed by atoms with van der Waals surface area (Å²) in [7, 11) is -2.26. The van der Waals surface area contributed by atoms with E-state index in [1.165, 1.54) is 4.31 Å². The van der Waals surface area contributed by atoms with Crippen molar-refractivity contribution in [2.45, 2.75) is 58.8 Å². The SMILES string of the molecule is Cc1nn(C)c(C)c1S(=O)(=O)N(CC(=O)N1CC(C)CC(C)C1)c1ccc(C(C)C)cc1. The van der Waals surface area contributed by atoms with Crippen LogP contribution in [0.4, 0.5) is 5.69 Å². The molecule has 7 nitrogen and oxygen atoms in total. The fraction of sp³-hybridized carbons (Fsp3) is 0.583. The highest BCUT2D eigenvalue weighted by molar-refractivity contribution is 7.93. The van der Waals surface area contributed by atoms with Gasteiger partial charge in [-0.15, -0.1) is 0 Å². The van der Waals surface area contributed by atoms with E-state index in [0.29, 0.717) is 47.9 Å². The number of rotatable bonds is 6. The molecule has 0 saturated carbocycles. The minimum atomic E-state index is -3.99. The van der Waals surface area contributed by atoms with Gasteiger partial charge in [-0.3, -0.25) is 13.8 Å². The topological polar surface area (TPSA) is 75.5 Å². The summed E-state index contributed by atoms with van der Waals surface area (Å²) in [6.45, 7) is 13.0. The van der Waals surface area contributed by atoms with E-state index in [1.54, 1.807) is 37.7 Å². The Morgan fingerprint density at radius 3 is 2.16 bits per heavy atom. The third-order valence-corrected chi connectivity index (χ3v) is 8.37. The van der Waals surface area contributed by atoms with Gasteiger partial charge in [-0.25, -0.2) is 8.42 Å². The van der Waals surface area contributed by atoms with E-state index in [0.717, 1.165) is 12.0 Å². The molecular weight excluding hydrogens is 424 g/mol. The maximum atomic E-state index is 13.9. The van der Waals surface area contributed by atoms with E-state index < -0.39 is 10.0 Å². The highest BCUT2D eigenvalue weighted by atomic mass is 32.2. The van der Waals surface area contributed by atoms with E-state index in [-0.39, 0.29) is 17.3 Å². The number of carbonyl (C=O) groups excluding carboxylic acids is 1. The Kier molecular flexibility index (Phi) is 7.03. The molecule has 1 saturated heterocycles. The summed E-state index contributed by atoms with van der Waals surface area (Å²) in [5, 5.41) is 4.29. The molecule has 2 aromatic rings. The lowest BCUT2D eigenvalue weighted by atomic mass is 9.92. The molecule has 0 spiro atoms. The summed E-state index contributed by atoms with van der Waals surface area (Å²) >= 11 is 0. The third-order valence-electron chi connectivity index (χ3n) is 6.34. The number of aryl methyl sites for hydroxylation is 2. The highest BCUT2D eigenvalue weighted by Gasteiger charge is 2.34. The van der Waals surface area contributed by atoms with Crippen molar-refractivity contribution in [2.75, 3.05) is 23.9 Å². The minimum Gasteiger partial charge on any atom is -0.341 e. The van der Waals surface area contributed by atoms with Crippen LogP contribution in [0.25, 0.3) is 0 Å². The average molecular weight is 461 g/mol. The van der Waals surface area contributed by atoms with Crippen molar-refractivity contribution in [1.29, 1.82) is 0 Å². The zero-order chi connectivity index (χ0) is 23.8. The van der Waals surface area contributed by atoms with Crippen LogP contribution in [0.3, 0.4) is 0 Å². The molecule has 2 unspecified atom stereocenters. The Hall–Kier alpha value is -2.35. The van der Waals surface area contributed by atoms with Crippen molar-refractivity contribution in [3.05, 3.63) is 41.2 Å². The minimum absolute atomic E-state index is 0.167. The molecule has 176 valence electrons. The number of anilines is 1. The van der Waals surface area contributed by atoms with Gasteiger partial charge in [-0.2, -0.15) is 5.10 Å². The van der Waals surface area contributed by atoms with Crippen LogP contribution in [0.15, 0.2) is 29.2 Å². The van der Waals surface area contributed by atoms with E-state index in [2.05, 4.69) is 32.8 Å². The van der Waals surface area contributed by atoms with E-state index >= 15 is 0 Å². The van der Waals surface area contributed by atoms with Gasteiger partial charge in [0.2, 0.25) is 5.91 Å². The first kappa shape index (κ1) is 24.3. The zero-order valence-corrected chi connectivity index (χ0v) is 21.1. The molecule has 8 heteroatoms. The van der Waals surface area contributed by atoms with Gasteiger partial charge < -0.3 is 4.90 Å². The van der Waals surface area contributed by atoms with E-state index in [4.69, 9.17) is 0 Å². The number of piperidine rings is 1. The van der Waals surface area contributed by atoms with Crippen LogP contribution in [0.1, 0.15) is 57.0 Å². The summed E-state index contributed by atoms with van der Waals surface area (Å²) < 4.78 is 30.5. The monoisotopic (exact) mass is 460 g/mol. The average Bonchev–Trinajstić information content (AvgIpc) is 2.97. The first-order chi connectivity index (χ1) is 14.9. The van der Waals surface area contributed by atoms with Crippen LogP contribution < -0.4 is 4.31 Å². The van der Waals surface area contributed by atoms with Crippen LogP contribution in [0.5, 0.6) is 0 Å². The predicted octanol–water partition coefficient (Wildman–Crippen LogP) is 3.86. The van der Waals surface area contributed by atoms with E-state index in [9.17, 15) is 13.2 Å². The largest absolute Gasteiger partial charge is 0.341 e. The van der Waals surface area contributed by atoms with Crippen molar-refractivity contribution < 1.29 is 13.2 Å². The summed E-state index contributed by atoms with van der Waals surface area (Å²) in [4.78, 5) is 15.3. The molecule has 1 aromatic heterocycles. The molecule has 1 aliphatic rings. The number of hydrogen-bond donors (Lipinski definition) is 0. The van der Waals surface area contributed by atoms with Crippen LogP contribution in [0, 0.1) is 25.7 Å². The number of likely N-dealkylation sites (tertiary alicyclic amines) is 1. The van der Waals surface area contributed by atoms with Gasteiger partial charge in [0, 0.05) is 20.1 Å². The molecule has 2 heterocycles. The fourth-order valence-corrected chi connectivity index (χ4v) is 6.49. The summed E-state index contributed by atoms with van der Waals surface area (Å²) in [5.41, 5.74) is 2.59. The number of nitrogens with zero attached hydrogens (tertiary/aromatic N) is 4. The van der Waals surface area contributed by atoms with Crippen LogP contribution in [-0.4, -0.2) is 48.6 Å². The molecule has 32 heavy (non-hydrogen) atoms. The van der Waals surface area contributed by atoms with Gasteiger partial charge >= 0.3 is 0 Å². The Morgan fingerprint density at radius 1 is 1.12 bits per heavy atom. The predicted molar refractivity (Wildman–Crippen MR) is 127 cm³/mol. The molecule has 0 aliphatic carbocycles. The molecule has 0 bridgehead atoms. The number of carbonyl (C=O) groups is 1. The van der Waals surface area contributed by atoms with Crippen molar-refractivity contribution in [3.8, 4) is 0 Å². The van der Waals surface area contributed by atoms with Gasteiger partial charge in [0.25, 0.3) is 10.0 Å². The second-order valence-electron chi connectivity index (χ2n) is 9.63. The normalized spacial score (nSPS) is 19.4.